The van der Waals surface area contributed by atoms with Crippen molar-refractivity contribution in [2.75, 3.05) is 11.1 Å². The second kappa shape index (κ2) is 5.47. The molecule has 0 fully saturated rings. The highest BCUT2D eigenvalue weighted by atomic mass is 19.1. The smallest absolute Gasteiger partial charge is 0.242 e. The van der Waals surface area contributed by atoms with Crippen molar-refractivity contribution in [2.45, 2.75) is 46.2 Å². The molecule has 0 aliphatic heterocycles. The van der Waals surface area contributed by atoms with E-state index in [1.807, 2.05) is 20.8 Å². The summed E-state index contributed by atoms with van der Waals surface area (Å²) in [7, 11) is 0. The predicted octanol–water partition coefficient (Wildman–Crippen LogP) is 2.43. The SMILES string of the molecule is Cc1cc(NC(C)C(=O)NC(C)(C)C)c(N)cc1F. The van der Waals surface area contributed by atoms with Crippen molar-refractivity contribution in [3.8, 4) is 0 Å². The normalized spacial score (nSPS) is 12.9. The predicted molar refractivity (Wildman–Crippen MR) is 76.5 cm³/mol. The van der Waals surface area contributed by atoms with E-state index in [2.05, 4.69) is 10.6 Å². The van der Waals surface area contributed by atoms with E-state index in [9.17, 15) is 9.18 Å². The first-order valence-corrected chi connectivity index (χ1v) is 6.24. The molecule has 4 N–H and O–H groups in total. The van der Waals surface area contributed by atoms with Crippen LogP contribution >= 0.6 is 0 Å². The highest BCUT2D eigenvalue weighted by Crippen LogP contribution is 2.23. The topological polar surface area (TPSA) is 67.2 Å². The number of nitrogen functional groups attached to an aromatic ring is 1. The molecular formula is C14H22FN3O. The molecule has 19 heavy (non-hydrogen) atoms. The number of aryl methyl sites for hydroxylation is 1. The fourth-order valence-electron chi connectivity index (χ4n) is 1.60. The van der Waals surface area contributed by atoms with Crippen LogP contribution in [-0.2, 0) is 4.79 Å². The number of benzene rings is 1. The van der Waals surface area contributed by atoms with Crippen LogP contribution in [0, 0.1) is 12.7 Å². The van der Waals surface area contributed by atoms with E-state index in [1.165, 1.54) is 6.07 Å². The number of hydrogen-bond donors (Lipinski definition) is 3. The Morgan fingerprint density at radius 2 is 1.95 bits per heavy atom. The van der Waals surface area contributed by atoms with Gasteiger partial charge in [-0.3, -0.25) is 4.79 Å². The van der Waals surface area contributed by atoms with Crippen molar-refractivity contribution < 1.29 is 9.18 Å². The van der Waals surface area contributed by atoms with Gasteiger partial charge >= 0.3 is 0 Å². The Balaban J connectivity index is 2.80. The number of halogens is 1. The molecule has 0 saturated heterocycles. The van der Waals surface area contributed by atoms with Gasteiger partial charge in [-0.2, -0.15) is 0 Å². The zero-order valence-electron chi connectivity index (χ0n) is 12.1. The number of amides is 1. The molecule has 5 heteroatoms. The summed E-state index contributed by atoms with van der Waals surface area (Å²) in [6, 6.07) is 2.41. The van der Waals surface area contributed by atoms with Crippen LogP contribution in [0.15, 0.2) is 12.1 Å². The first kappa shape index (κ1) is 15.3. The van der Waals surface area contributed by atoms with Crippen molar-refractivity contribution in [1.82, 2.24) is 5.32 Å². The zero-order valence-corrected chi connectivity index (χ0v) is 12.1. The summed E-state index contributed by atoms with van der Waals surface area (Å²) in [5.41, 5.74) is 6.78. The highest BCUT2D eigenvalue weighted by molar-refractivity contribution is 5.86. The van der Waals surface area contributed by atoms with Crippen molar-refractivity contribution in [3.05, 3.63) is 23.5 Å². The van der Waals surface area contributed by atoms with Gasteiger partial charge in [0.15, 0.2) is 0 Å². The molecule has 0 spiro atoms. The van der Waals surface area contributed by atoms with Crippen LogP contribution in [0.5, 0.6) is 0 Å². The molecule has 1 atom stereocenters. The summed E-state index contributed by atoms with van der Waals surface area (Å²) in [5.74, 6) is -0.483. The molecule has 0 radical (unpaired) electrons. The number of carbonyl (C=O) groups excluding carboxylic acids is 1. The van der Waals surface area contributed by atoms with Gasteiger partial charge in [-0.25, -0.2) is 4.39 Å². The Hall–Kier alpha value is -1.78. The summed E-state index contributed by atoms with van der Waals surface area (Å²) < 4.78 is 13.3. The largest absolute Gasteiger partial charge is 0.397 e. The molecule has 1 aromatic carbocycles. The number of rotatable bonds is 3. The molecule has 1 unspecified atom stereocenters. The summed E-state index contributed by atoms with van der Waals surface area (Å²) in [6.07, 6.45) is 0. The van der Waals surface area contributed by atoms with E-state index >= 15 is 0 Å². The standard InChI is InChI=1S/C14H22FN3O/c1-8-6-12(11(16)7-10(8)15)17-9(2)13(19)18-14(3,4)5/h6-7,9,17H,16H2,1-5H3,(H,18,19). The molecule has 0 heterocycles. The maximum absolute atomic E-state index is 13.3. The maximum atomic E-state index is 13.3. The maximum Gasteiger partial charge on any atom is 0.242 e. The van der Waals surface area contributed by atoms with E-state index in [4.69, 9.17) is 5.73 Å². The molecule has 0 aliphatic rings. The fraction of sp³-hybridized carbons (Fsp3) is 0.500. The van der Waals surface area contributed by atoms with Gasteiger partial charge in [0.25, 0.3) is 0 Å². The minimum Gasteiger partial charge on any atom is -0.397 e. The zero-order chi connectivity index (χ0) is 14.8. The lowest BCUT2D eigenvalue weighted by molar-refractivity contribution is -0.122. The third-order valence-electron chi connectivity index (χ3n) is 2.59. The fourth-order valence-corrected chi connectivity index (χ4v) is 1.60. The molecule has 1 aromatic rings. The molecule has 0 aliphatic carbocycles. The van der Waals surface area contributed by atoms with Gasteiger partial charge in [-0.15, -0.1) is 0 Å². The molecule has 0 saturated carbocycles. The Bertz CT molecular complexity index is 480. The van der Waals surface area contributed by atoms with Crippen molar-refractivity contribution in [3.63, 3.8) is 0 Å². The van der Waals surface area contributed by atoms with E-state index in [1.54, 1.807) is 19.9 Å². The van der Waals surface area contributed by atoms with Crippen LogP contribution in [0.25, 0.3) is 0 Å². The molecule has 1 amide bonds. The number of nitrogens with one attached hydrogen (secondary N) is 2. The Kier molecular flexibility index (Phi) is 4.39. The molecule has 0 bridgehead atoms. The van der Waals surface area contributed by atoms with E-state index in [-0.39, 0.29) is 17.3 Å². The average Bonchev–Trinajstić information content (AvgIpc) is 2.23. The van der Waals surface area contributed by atoms with Crippen molar-refractivity contribution in [2.24, 2.45) is 0 Å². The van der Waals surface area contributed by atoms with Crippen LogP contribution in [0.1, 0.15) is 33.3 Å². The van der Waals surface area contributed by atoms with E-state index < -0.39 is 6.04 Å². The second-order valence-corrected chi connectivity index (χ2v) is 5.79. The lowest BCUT2D eigenvalue weighted by Crippen LogP contribution is -2.47. The number of nitrogens with two attached hydrogens (primary N) is 1. The number of carbonyl (C=O) groups is 1. The molecular weight excluding hydrogens is 245 g/mol. The Labute approximate surface area is 113 Å². The van der Waals surface area contributed by atoms with Gasteiger partial charge in [0.05, 0.1) is 11.4 Å². The van der Waals surface area contributed by atoms with Gasteiger partial charge in [-0.1, -0.05) is 0 Å². The Morgan fingerprint density at radius 1 is 1.37 bits per heavy atom. The van der Waals surface area contributed by atoms with Crippen LogP contribution in [0.2, 0.25) is 0 Å². The number of anilines is 2. The van der Waals surface area contributed by atoms with Crippen LogP contribution in [-0.4, -0.2) is 17.5 Å². The third-order valence-corrected chi connectivity index (χ3v) is 2.59. The van der Waals surface area contributed by atoms with Crippen LogP contribution in [0.4, 0.5) is 15.8 Å². The van der Waals surface area contributed by atoms with Gasteiger partial charge in [-0.05, 0) is 52.3 Å². The lowest BCUT2D eigenvalue weighted by atomic mass is 10.1. The van der Waals surface area contributed by atoms with Crippen LogP contribution < -0.4 is 16.4 Å². The van der Waals surface area contributed by atoms with Crippen molar-refractivity contribution >= 4 is 17.3 Å². The van der Waals surface area contributed by atoms with Gasteiger partial charge in [0.2, 0.25) is 5.91 Å². The van der Waals surface area contributed by atoms with Crippen LogP contribution in [0.3, 0.4) is 0 Å². The summed E-state index contributed by atoms with van der Waals surface area (Å²) in [6.45, 7) is 9.12. The minimum atomic E-state index is -0.452. The lowest BCUT2D eigenvalue weighted by Gasteiger charge is -2.24. The van der Waals surface area contributed by atoms with Gasteiger partial charge < -0.3 is 16.4 Å². The van der Waals surface area contributed by atoms with E-state index in [0.717, 1.165) is 0 Å². The summed E-state index contributed by atoms with van der Waals surface area (Å²) >= 11 is 0. The molecule has 0 aromatic heterocycles. The van der Waals surface area contributed by atoms with E-state index in [0.29, 0.717) is 16.9 Å². The number of hydrogen-bond acceptors (Lipinski definition) is 3. The second-order valence-electron chi connectivity index (χ2n) is 5.79. The van der Waals surface area contributed by atoms with Gasteiger partial charge in [0.1, 0.15) is 11.9 Å². The quantitative estimate of drug-likeness (QED) is 0.737. The first-order valence-electron chi connectivity index (χ1n) is 6.24. The summed E-state index contributed by atoms with van der Waals surface area (Å²) in [4.78, 5) is 11.9. The highest BCUT2D eigenvalue weighted by Gasteiger charge is 2.19. The first-order chi connectivity index (χ1) is 8.60. The molecule has 106 valence electrons. The Morgan fingerprint density at radius 3 is 2.47 bits per heavy atom. The monoisotopic (exact) mass is 267 g/mol. The van der Waals surface area contributed by atoms with Gasteiger partial charge in [0, 0.05) is 5.54 Å². The summed E-state index contributed by atoms with van der Waals surface area (Å²) in [5, 5.41) is 5.87. The molecule has 1 rings (SSSR count). The van der Waals surface area contributed by atoms with Crippen molar-refractivity contribution in [1.29, 1.82) is 0 Å². The third kappa shape index (κ3) is 4.43. The average molecular weight is 267 g/mol. The molecule has 4 nitrogen and oxygen atoms in total. The minimum absolute atomic E-state index is 0.131.